The molecule has 0 aromatic heterocycles. The van der Waals surface area contributed by atoms with Crippen LogP contribution in [0.25, 0.3) is 0 Å². The molecule has 1 heterocycles. The van der Waals surface area contributed by atoms with Crippen LogP contribution in [0, 0.1) is 0 Å². The highest BCUT2D eigenvalue weighted by molar-refractivity contribution is 5.69. The Morgan fingerprint density at radius 2 is 1.46 bits per heavy atom. The minimum absolute atomic E-state index is 0.134. The Kier molecular flexibility index (Phi) is 11.9. The molecule has 1 fully saturated rings. The summed E-state index contributed by atoms with van der Waals surface area (Å²) in [5.41, 5.74) is 0. The van der Waals surface area contributed by atoms with Crippen LogP contribution in [-0.2, 0) is 4.74 Å². The van der Waals surface area contributed by atoms with Gasteiger partial charge >= 0.3 is 6.09 Å². The number of hydrogen-bond acceptors (Lipinski definition) is 4. The topological polar surface area (TPSA) is 78.8 Å². The van der Waals surface area contributed by atoms with Gasteiger partial charge in [0, 0.05) is 0 Å². The van der Waals surface area contributed by atoms with Crippen LogP contribution in [0.3, 0.4) is 0 Å². The normalized spacial score (nSPS) is 19.8. The van der Waals surface area contributed by atoms with Gasteiger partial charge in [0.05, 0.1) is 12.1 Å². The molecule has 0 spiro atoms. The van der Waals surface area contributed by atoms with Crippen LogP contribution in [0.5, 0.6) is 0 Å². The molecule has 1 saturated heterocycles. The molecule has 3 N–H and O–H groups in total. The van der Waals surface area contributed by atoms with E-state index in [9.17, 15) is 15.0 Å². The first-order valence-corrected chi connectivity index (χ1v) is 9.94. The Hall–Kier alpha value is -0.810. The lowest BCUT2D eigenvalue weighted by Gasteiger charge is -2.21. The highest BCUT2D eigenvalue weighted by Crippen LogP contribution is 2.15. The van der Waals surface area contributed by atoms with Crippen molar-refractivity contribution < 1.29 is 19.7 Å². The average molecular weight is 344 g/mol. The van der Waals surface area contributed by atoms with Crippen molar-refractivity contribution in [2.45, 2.75) is 109 Å². The summed E-state index contributed by atoms with van der Waals surface area (Å²) in [6, 6.07) is -0.482. The summed E-state index contributed by atoms with van der Waals surface area (Å²) in [5.74, 6) is 0. The van der Waals surface area contributed by atoms with E-state index in [1.807, 2.05) is 0 Å². The molecule has 1 rings (SSSR count). The molecule has 1 aliphatic heterocycles. The minimum atomic E-state index is -0.941. The van der Waals surface area contributed by atoms with Crippen LogP contribution >= 0.6 is 0 Å². The maximum atomic E-state index is 10.9. The monoisotopic (exact) mass is 343 g/mol. The van der Waals surface area contributed by atoms with Crippen LogP contribution in [0.4, 0.5) is 4.79 Å². The maximum Gasteiger partial charge on any atom is 0.407 e. The van der Waals surface area contributed by atoms with Gasteiger partial charge in [0.2, 0.25) is 0 Å². The fraction of sp³-hybridized carbons (Fsp3) is 0.947. The van der Waals surface area contributed by atoms with Crippen LogP contribution in [-0.4, -0.2) is 41.2 Å². The summed E-state index contributed by atoms with van der Waals surface area (Å²) in [4.78, 5) is 10.9. The zero-order valence-corrected chi connectivity index (χ0v) is 15.3. The van der Waals surface area contributed by atoms with Crippen molar-refractivity contribution in [3.63, 3.8) is 0 Å². The van der Waals surface area contributed by atoms with Crippen LogP contribution < -0.4 is 5.32 Å². The zero-order valence-electron chi connectivity index (χ0n) is 15.3. The number of unbranched alkanes of at least 4 members (excludes halogenated alkanes) is 11. The van der Waals surface area contributed by atoms with Gasteiger partial charge in [-0.3, -0.25) is 0 Å². The van der Waals surface area contributed by atoms with Crippen molar-refractivity contribution in [3.05, 3.63) is 0 Å². The second-order valence-electron chi connectivity index (χ2n) is 7.08. The van der Waals surface area contributed by atoms with Gasteiger partial charge in [0.25, 0.3) is 0 Å². The summed E-state index contributed by atoms with van der Waals surface area (Å²) < 4.78 is 4.73. The lowest BCUT2D eigenvalue weighted by molar-refractivity contribution is -0.00720. The molecule has 0 bridgehead atoms. The predicted octanol–water partition coefficient (Wildman–Crippen LogP) is 3.91. The van der Waals surface area contributed by atoms with E-state index in [4.69, 9.17) is 4.74 Å². The number of nitrogens with one attached hydrogen (secondary N) is 1. The molecule has 0 unspecified atom stereocenters. The van der Waals surface area contributed by atoms with E-state index in [0.29, 0.717) is 6.42 Å². The Balaban J connectivity index is 1.86. The Bertz CT molecular complexity index is 324. The smallest absolute Gasteiger partial charge is 0.407 e. The van der Waals surface area contributed by atoms with E-state index >= 15 is 0 Å². The van der Waals surface area contributed by atoms with Gasteiger partial charge in [-0.2, -0.15) is 0 Å². The molecule has 5 heteroatoms. The zero-order chi connectivity index (χ0) is 17.6. The number of aliphatic hydroxyl groups excluding tert-OH is 2. The largest absolute Gasteiger partial charge is 0.447 e. The summed E-state index contributed by atoms with van der Waals surface area (Å²) >= 11 is 0. The van der Waals surface area contributed by atoms with Gasteiger partial charge in [-0.05, 0) is 6.42 Å². The van der Waals surface area contributed by atoms with Crippen LogP contribution in [0.2, 0.25) is 0 Å². The third-order valence-electron chi connectivity index (χ3n) is 4.86. The van der Waals surface area contributed by atoms with E-state index in [1.54, 1.807) is 0 Å². The van der Waals surface area contributed by atoms with Gasteiger partial charge < -0.3 is 20.3 Å². The van der Waals surface area contributed by atoms with Gasteiger partial charge in [-0.15, -0.1) is 0 Å². The molecule has 5 nitrogen and oxygen atoms in total. The summed E-state index contributed by atoms with van der Waals surface area (Å²) in [5, 5.41) is 22.4. The molecule has 3 atom stereocenters. The number of aliphatic hydroxyl groups is 2. The first kappa shape index (κ1) is 21.2. The van der Waals surface area contributed by atoms with Crippen LogP contribution in [0.15, 0.2) is 0 Å². The molecule has 24 heavy (non-hydrogen) atoms. The summed E-state index contributed by atoms with van der Waals surface area (Å²) in [7, 11) is 0. The molecule has 1 amide bonds. The van der Waals surface area contributed by atoms with Crippen molar-refractivity contribution in [3.8, 4) is 0 Å². The van der Waals surface area contributed by atoms with Gasteiger partial charge in [0.1, 0.15) is 12.7 Å². The van der Waals surface area contributed by atoms with Crippen molar-refractivity contribution in [2.75, 3.05) is 6.61 Å². The molecular weight excluding hydrogens is 306 g/mol. The van der Waals surface area contributed by atoms with Gasteiger partial charge in [-0.25, -0.2) is 4.79 Å². The highest BCUT2D eigenvalue weighted by atomic mass is 16.6. The molecule has 0 radical (unpaired) electrons. The standard InChI is InChI=1S/C19H37NO4/c1-2-3-4-5-6-7-8-9-10-11-12-13-14-17(21)18(22)16-15-24-19(23)20-16/h16-18,21-22H,2-15H2,1H3,(H,20,23)/t16-,17+,18-/m0/s1. The second kappa shape index (κ2) is 13.5. The van der Waals surface area contributed by atoms with E-state index in [-0.39, 0.29) is 6.61 Å². The Morgan fingerprint density at radius 1 is 0.958 bits per heavy atom. The quantitative estimate of drug-likeness (QED) is 0.394. The van der Waals surface area contributed by atoms with Crippen molar-refractivity contribution >= 4 is 6.09 Å². The number of cyclic esters (lactones) is 1. The second-order valence-corrected chi connectivity index (χ2v) is 7.08. The summed E-state index contributed by atoms with van der Waals surface area (Å²) in [6.07, 6.45) is 13.7. The minimum Gasteiger partial charge on any atom is -0.447 e. The number of alkyl carbamates (subject to hydrolysis) is 1. The molecule has 0 aromatic rings. The van der Waals surface area contributed by atoms with E-state index < -0.39 is 24.3 Å². The molecule has 0 saturated carbocycles. The number of amides is 1. The number of ether oxygens (including phenoxy) is 1. The van der Waals surface area contributed by atoms with E-state index in [2.05, 4.69) is 12.2 Å². The number of rotatable bonds is 15. The fourth-order valence-corrected chi connectivity index (χ4v) is 3.22. The first-order chi connectivity index (χ1) is 11.6. The van der Waals surface area contributed by atoms with Gasteiger partial charge in [-0.1, -0.05) is 84.0 Å². The van der Waals surface area contributed by atoms with E-state index in [1.165, 1.54) is 64.2 Å². The summed E-state index contributed by atoms with van der Waals surface area (Å²) in [6.45, 7) is 2.39. The molecule has 1 aliphatic rings. The number of hydrogen-bond donors (Lipinski definition) is 3. The Labute approximate surface area is 147 Å². The predicted molar refractivity (Wildman–Crippen MR) is 96.0 cm³/mol. The third kappa shape index (κ3) is 9.48. The van der Waals surface area contributed by atoms with Crippen molar-refractivity contribution in [1.29, 1.82) is 0 Å². The average Bonchev–Trinajstić information content (AvgIpc) is 3.01. The maximum absolute atomic E-state index is 10.9. The van der Waals surface area contributed by atoms with Crippen molar-refractivity contribution in [1.82, 2.24) is 5.32 Å². The molecule has 0 aliphatic carbocycles. The highest BCUT2D eigenvalue weighted by Gasteiger charge is 2.32. The lowest BCUT2D eigenvalue weighted by Crippen LogP contribution is -2.45. The van der Waals surface area contributed by atoms with Crippen LogP contribution in [0.1, 0.15) is 90.4 Å². The Morgan fingerprint density at radius 3 is 1.92 bits per heavy atom. The molecule has 0 aromatic carbocycles. The number of carbonyl (C=O) groups excluding carboxylic acids is 1. The van der Waals surface area contributed by atoms with Gasteiger partial charge in [0.15, 0.2) is 0 Å². The third-order valence-corrected chi connectivity index (χ3v) is 4.86. The fourth-order valence-electron chi connectivity index (χ4n) is 3.22. The first-order valence-electron chi connectivity index (χ1n) is 9.94. The van der Waals surface area contributed by atoms with E-state index in [0.717, 1.165) is 12.8 Å². The molecular formula is C19H37NO4. The SMILES string of the molecule is CCCCCCCCCCCCCC[C@@H](O)[C@@H](O)[C@@H]1COC(=O)N1. The molecule has 142 valence electrons. The van der Waals surface area contributed by atoms with Crippen molar-refractivity contribution in [2.24, 2.45) is 0 Å². The lowest BCUT2D eigenvalue weighted by atomic mass is 10.00. The number of carbonyl (C=O) groups is 1.